The number of hydrogen-bond acceptors (Lipinski definition) is 7. The van der Waals surface area contributed by atoms with Crippen LogP contribution in [0.15, 0.2) is 18.3 Å². The normalized spacial score (nSPS) is 23.0. The van der Waals surface area contributed by atoms with Crippen molar-refractivity contribution in [3.05, 3.63) is 24.0 Å². The number of amides is 1. The van der Waals surface area contributed by atoms with Crippen LogP contribution in [0.1, 0.15) is 85.8 Å². The maximum Gasteiger partial charge on any atom is 0.259 e. The Morgan fingerprint density at radius 2 is 1.64 bits per heavy atom. The van der Waals surface area contributed by atoms with Crippen LogP contribution in [-0.4, -0.2) is 76.2 Å². The van der Waals surface area contributed by atoms with Gasteiger partial charge in [-0.25, -0.2) is 0 Å². The number of nitrogens with zero attached hydrogens (tertiary/aromatic N) is 2. The van der Waals surface area contributed by atoms with Gasteiger partial charge in [-0.05, 0) is 48.4 Å². The van der Waals surface area contributed by atoms with Gasteiger partial charge in [0, 0.05) is 38.6 Å². The zero-order valence-corrected chi connectivity index (χ0v) is 26.5. The van der Waals surface area contributed by atoms with Crippen LogP contribution in [0.2, 0.25) is 16.6 Å². The average molecular weight is 565 g/mol. The van der Waals surface area contributed by atoms with Crippen molar-refractivity contribution in [3.8, 4) is 5.75 Å². The van der Waals surface area contributed by atoms with Gasteiger partial charge >= 0.3 is 0 Å². The van der Waals surface area contributed by atoms with E-state index < -0.39 is 13.9 Å². The molecule has 2 heterocycles. The Hall–Kier alpha value is -1.52. The molecule has 1 amide bonds. The molecule has 2 atom stereocenters. The van der Waals surface area contributed by atoms with Crippen LogP contribution in [0, 0.1) is 0 Å². The van der Waals surface area contributed by atoms with Crippen LogP contribution in [0.5, 0.6) is 5.75 Å². The number of β-lactam (4-membered cyclic amide) rings is 1. The zero-order valence-electron chi connectivity index (χ0n) is 25.5. The summed E-state index contributed by atoms with van der Waals surface area (Å²) in [6, 6.07) is 3.55. The average Bonchev–Trinajstić information content (AvgIpc) is 3.16. The molecule has 0 radical (unpaired) electrons. The summed E-state index contributed by atoms with van der Waals surface area (Å²) in [5, 5.41) is 0. The van der Waals surface area contributed by atoms with Gasteiger partial charge < -0.3 is 28.3 Å². The molecular formula is C30H52N2O6Si. The molecule has 0 bridgehead atoms. The van der Waals surface area contributed by atoms with Crippen LogP contribution in [0.4, 0.5) is 0 Å². The van der Waals surface area contributed by atoms with E-state index in [4.69, 9.17) is 23.4 Å². The van der Waals surface area contributed by atoms with Gasteiger partial charge in [-0.2, -0.15) is 0 Å². The SMILES string of the molecule is COCO[C@@]1(Cc2cc(OC3CCCCCC3)ccn2)C(=O)N(COC)[C@H]1CO[Si](C(C)C)(C(C)C)C(C)C. The standard InChI is InChI=1S/C30H52N2O6Si/c1-22(2)39(23(3)4,24(5)6)37-19-28-30(36-21-35-8,29(33)32(28)20-34-7)18-25-17-27(15-16-31-25)38-26-13-11-9-10-12-14-26/h15-17,22-24,26,28H,9-14,18-21H2,1-8H3/t28-,30+/m0/s1. The quantitative estimate of drug-likeness (QED) is 0.110. The minimum Gasteiger partial charge on any atom is -0.490 e. The maximum atomic E-state index is 13.7. The van der Waals surface area contributed by atoms with E-state index in [1.165, 1.54) is 25.7 Å². The van der Waals surface area contributed by atoms with Crippen molar-refractivity contribution in [2.75, 3.05) is 34.4 Å². The molecule has 39 heavy (non-hydrogen) atoms. The first kappa shape index (κ1) is 32.0. The minimum atomic E-state index is -2.17. The molecule has 0 aromatic carbocycles. The number of rotatable bonds is 15. The molecule has 1 saturated heterocycles. The Morgan fingerprint density at radius 3 is 2.21 bits per heavy atom. The number of ether oxygens (including phenoxy) is 4. The van der Waals surface area contributed by atoms with Crippen molar-refractivity contribution in [1.82, 2.24) is 9.88 Å². The van der Waals surface area contributed by atoms with E-state index in [9.17, 15) is 4.79 Å². The highest BCUT2D eigenvalue weighted by molar-refractivity contribution is 6.77. The molecule has 8 nitrogen and oxygen atoms in total. The van der Waals surface area contributed by atoms with E-state index >= 15 is 0 Å². The second kappa shape index (κ2) is 14.4. The van der Waals surface area contributed by atoms with Gasteiger partial charge in [0.05, 0.1) is 18.8 Å². The first-order valence-electron chi connectivity index (χ1n) is 14.8. The molecule has 2 aliphatic rings. The molecule has 3 rings (SSSR count). The van der Waals surface area contributed by atoms with Crippen LogP contribution < -0.4 is 4.74 Å². The summed E-state index contributed by atoms with van der Waals surface area (Å²) in [5.74, 6) is 0.672. The second-order valence-electron chi connectivity index (χ2n) is 12.2. The lowest BCUT2D eigenvalue weighted by molar-refractivity contribution is -0.237. The van der Waals surface area contributed by atoms with Crippen LogP contribution >= 0.6 is 0 Å². The molecule has 1 saturated carbocycles. The molecule has 1 aromatic rings. The fourth-order valence-electron chi connectivity index (χ4n) is 6.96. The number of methoxy groups -OCH3 is 2. The highest BCUT2D eigenvalue weighted by Gasteiger charge is 2.63. The summed E-state index contributed by atoms with van der Waals surface area (Å²) < 4.78 is 30.3. The van der Waals surface area contributed by atoms with Crippen molar-refractivity contribution in [3.63, 3.8) is 0 Å². The summed E-state index contributed by atoms with van der Waals surface area (Å²) in [5.41, 5.74) is 0.898. The molecule has 0 spiro atoms. The fraction of sp³-hybridized carbons (Fsp3) is 0.800. The zero-order chi connectivity index (χ0) is 28.6. The number of pyridine rings is 1. The summed E-state index contributed by atoms with van der Waals surface area (Å²) in [6.07, 6.45) is 9.42. The summed E-state index contributed by atoms with van der Waals surface area (Å²) in [7, 11) is 1.00. The molecule has 222 valence electrons. The number of likely N-dealkylation sites (tertiary alicyclic amines) is 1. The molecule has 1 aliphatic heterocycles. The van der Waals surface area contributed by atoms with Gasteiger partial charge in [-0.3, -0.25) is 9.78 Å². The first-order chi connectivity index (χ1) is 18.6. The summed E-state index contributed by atoms with van der Waals surface area (Å²) >= 11 is 0. The molecule has 0 N–H and O–H groups in total. The van der Waals surface area contributed by atoms with Gasteiger partial charge in [0.15, 0.2) is 13.9 Å². The Bertz CT molecular complexity index is 883. The fourth-order valence-corrected chi connectivity index (χ4v) is 12.4. The number of aromatic nitrogens is 1. The van der Waals surface area contributed by atoms with E-state index in [1.807, 2.05) is 12.1 Å². The van der Waals surface area contributed by atoms with Crippen molar-refractivity contribution >= 4 is 14.2 Å². The molecule has 2 fully saturated rings. The van der Waals surface area contributed by atoms with E-state index in [-0.39, 0.29) is 31.6 Å². The van der Waals surface area contributed by atoms with Crippen molar-refractivity contribution in [2.24, 2.45) is 0 Å². The minimum absolute atomic E-state index is 0.00242. The Balaban J connectivity index is 1.88. The molecule has 0 unspecified atom stereocenters. The number of hydrogen-bond donors (Lipinski definition) is 0. The lowest BCUT2D eigenvalue weighted by atomic mass is 9.79. The Kier molecular flexibility index (Phi) is 11.8. The third-order valence-electron chi connectivity index (χ3n) is 8.77. The lowest BCUT2D eigenvalue weighted by Crippen LogP contribution is -2.78. The van der Waals surface area contributed by atoms with Crippen LogP contribution in [0.25, 0.3) is 0 Å². The number of carbonyl (C=O) groups excluding carboxylic acids is 1. The van der Waals surface area contributed by atoms with Crippen LogP contribution in [0.3, 0.4) is 0 Å². The molecule has 9 heteroatoms. The third kappa shape index (κ3) is 7.04. The maximum absolute atomic E-state index is 13.7. The Labute approximate surface area is 237 Å². The highest BCUT2D eigenvalue weighted by Crippen LogP contribution is 2.45. The van der Waals surface area contributed by atoms with Gasteiger partial charge in [-0.1, -0.05) is 54.4 Å². The number of carbonyl (C=O) groups is 1. The predicted octanol–water partition coefficient (Wildman–Crippen LogP) is 6.09. The Morgan fingerprint density at radius 1 is 1.00 bits per heavy atom. The molecule has 1 aromatic heterocycles. The van der Waals surface area contributed by atoms with Crippen LogP contribution in [-0.2, 0) is 29.9 Å². The van der Waals surface area contributed by atoms with Gasteiger partial charge in [0.25, 0.3) is 5.91 Å². The van der Waals surface area contributed by atoms with E-state index in [0.717, 1.165) is 24.3 Å². The smallest absolute Gasteiger partial charge is 0.259 e. The predicted molar refractivity (Wildman–Crippen MR) is 155 cm³/mol. The van der Waals surface area contributed by atoms with E-state index in [1.54, 1.807) is 25.3 Å². The summed E-state index contributed by atoms with van der Waals surface area (Å²) in [6.45, 7) is 14.2. The summed E-state index contributed by atoms with van der Waals surface area (Å²) in [4.78, 5) is 20.1. The third-order valence-corrected chi connectivity index (χ3v) is 14.9. The van der Waals surface area contributed by atoms with Crippen molar-refractivity contribution in [2.45, 2.75) is 121 Å². The molecular weight excluding hydrogens is 512 g/mol. The van der Waals surface area contributed by atoms with Crippen molar-refractivity contribution in [1.29, 1.82) is 0 Å². The van der Waals surface area contributed by atoms with E-state index in [2.05, 4.69) is 46.5 Å². The topological polar surface area (TPSA) is 79.4 Å². The monoisotopic (exact) mass is 564 g/mol. The van der Waals surface area contributed by atoms with Gasteiger partial charge in [0.2, 0.25) is 0 Å². The van der Waals surface area contributed by atoms with Crippen molar-refractivity contribution < 1.29 is 28.2 Å². The van der Waals surface area contributed by atoms with Gasteiger partial charge in [0.1, 0.15) is 19.3 Å². The first-order valence-corrected chi connectivity index (χ1v) is 16.9. The second-order valence-corrected chi connectivity index (χ2v) is 17.6. The highest BCUT2D eigenvalue weighted by atomic mass is 28.4. The van der Waals surface area contributed by atoms with Gasteiger partial charge in [-0.15, -0.1) is 0 Å². The molecule has 1 aliphatic carbocycles. The largest absolute Gasteiger partial charge is 0.490 e. The van der Waals surface area contributed by atoms with E-state index in [0.29, 0.717) is 29.7 Å². The lowest BCUT2D eigenvalue weighted by Gasteiger charge is -2.56.